The molecule has 7 heteroatoms. The Bertz CT molecular complexity index is 1470. The molecule has 0 spiro atoms. The van der Waals surface area contributed by atoms with Crippen molar-refractivity contribution in [3.05, 3.63) is 103 Å². The van der Waals surface area contributed by atoms with Gasteiger partial charge in [0.05, 0.1) is 0 Å². The molecule has 5 aromatic rings. The van der Waals surface area contributed by atoms with E-state index in [9.17, 15) is 4.79 Å². The van der Waals surface area contributed by atoms with Crippen molar-refractivity contribution in [1.82, 2.24) is 10.3 Å². The van der Waals surface area contributed by atoms with E-state index >= 15 is 0 Å². The molecule has 2 aromatic heterocycles. The maximum atomic E-state index is 12.3. The maximum Gasteiger partial charge on any atom is 0.250 e. The van der Waals surface area contributed by atoms with E-state index < -0.39 is 0 Å². The molecule has 2 N–H and O–H groups in total. The van der Waals surface area contributed by atoms with E-state index in [1.807, 2.05) is 84.9 Å². The molecule has 0 fully saturated rings. The van der Waals surface area contributed by atoms with E-state index in [4.69, 9.17) is 21.1 Å². The summed E-state index contributed by atoms with van der Waals surface area (Å²) in [6, 6.07) is 28.5. The predicted molar refractivity (Wildman–Crippen MR) is 137 cm³/mol. The molecule has 0 aliphatic heterocycles. The highest BCUT2D eigenvalue weighted by atomic mass is 32.1. The number of oxazole rings is 1. The number of carbonyl (C=O) groups is 1. The van der Waals surface area contributed by atoms with Gasteiger partial charge in [-0.25, -0.2) is 4.98 Å². The molecular formula is C27H19N3O3S. The highest BCUT2D eigenvalue weighted by Gasteiger charge is 2.09. The van der Waals surface area contributed by atoms with Crippen LogP contribution in [0.4, 0.5) is 5.69 Å². The van der Waals surface area contributed by atoms with Crippen molar-refractivity contribution in [3.63, 3.8) is 0 Å². The average molecular weight is 466 g/mol. The first kappa shape index (κ1) is 21.4. The third kappa shape index (κ3) is 4.95. The van der Waals surface area contributed by atoms with E-state index in [2.05, 4.69) is 15.6 Å². The Morgan fingerprint density at radius 2 is 1.65 bits per heavy atom. The summed E-state index contributed by atoms with van der Waals surface area (Å²) in [6.45, 7) is 0. The quantitative estimate of drug-likeness (QED) is 0.235. The van der Waals surface area contributed by atoms with Crippen LogP contribution in [-0.2, 0) is 4.79 Å². The molecule has 0 aliphatic carbocycles. The third-order valence-electron chi connectivity index (χ3n) is 4.98. The second-order valence-electron chi connectivity index (χ2n) is 7.41. The van der Waals surface area contributed by atoms with Crippen LogP contribution in [0.5, 0.6) is 0 Å². The van der Waals surface area contributed by atoms with E-state index in [1.54, 1.807) is 12.1 Å². The summed E-state index contributed by atoms with van der Waals surface area (Å²) in [5.41, 5.74) is 3.97. The van der Waals surface area contributed by atoms with E-state index in [1.165, 1.54) is 6.08 Å². The summed E-state index contributed by atoms with van der Waals surface area (Å²) in [5.74, 6) is 1.44. The second-order valence-corrected chi connectivity index (χ2v) is 7.82. The minimum Gasteiger partial charge on any atom is -0.457 e. The van der Waals surface area contributed by atoms with Crippen LogP contribution in [-0.4, -0.2) is 16.0 Å². The van der Waals surface area contributed by atoms with Crippen molar-refractivity contribution in [2.45, 2.75) is 0 Å². The summed E-state index contributed by atoms with van der Waals surface area (Å²) in [6.07, 6.45) is 2.97. The maximum absolute atomic E-state index is 12.3. The number of anilines is 1. The number of amides is 1. The molecule has 0 aliphatic rings. The predicted octanol–water partition coefficient (Wildman–Crippen LogP) is 6.28. The number of fused-ring (bicyclic) bond motifs is 1. The Morgan fingerprint density at radius 3 is 2.50 bits per heavy atom. The molecule has 0 atom stereocenters. The molecule has 0 saturated carbocycles. The molecule has 0 saturated heterocycles. The monoisotopic (exact) mass is 465 g/mol. The van der Waals surface area contributed by atoms with Crippen LogP contribution in [0.2, 0.25) is 0 Å². The van der Waals surface area contributed by atoms with E-state index in [0.29, 0.717) is 17.3 Å². The summed E-state index contributed by atoms with van der Waals surface area (Å²) in [7, 11) is 0. The number of carbonyl (C=O) groups excluding carboxylic acids is 1. The van der Waals surface area contributed by atoms with E-state index in [-0.39, 0.29) is 11.0 Å². The number of nitrogens with one attached hydrogen (secondary N) is 2. The highest BCUT2D eigenvalue weighted by Crippen LogP contribution is 2.26. The molecule has 6 nitrogen and oxygen atoms in total. The van der Waals surface area contributed by atoms with Gasteiger partial charge in [0.15, 0.2) is 10.7 Å². The molecule has 5 rings (SSSR count). The second kappa shape index (κ2) is 9.56. The first-order chi connectivity index (χ1) is 16.6. The minimum absolute atomic E-state index is 0.175. The van der Waals surface area contributed by atoms with Gasteiger partial charge in [-0.15, -0.1) is 0 Å². The standard InChI is InChI=1S/C27H19N3O3S/c31-25(16-14-21-13-15-23(32-21)18-7-2-1-3-8-18)30-27(34)28-20-10-6-9-19(17-20)26-29-22-11-4-5-12-24(22)33-26/h1-17H,(H2,28,30,31,34)/b16-14+. The number of para-hydroxylation sites is 2. The summed E-state index contributed by atoms with van der Waals surface area (Å²) < 4.78 is 11.6. The first-order valence-corrected chi connectivity index (χ1v) is 11.0. The van der Waals surface area contributed by atoms with Gasteiger partial charge in [0.2, 0.25) is 11.8 Å². The third-order valence-corrected chi connectivity index (χ3v) is 5.19. The zero-order valence-corrected chi connectivity index (χ0v) is 18.7. The molecule has 2 heterocycles. The molecule has 0 bridgehead atoms. The van der Waals surface area contributed by atoms with E-state index in [0.717, 1.165) is 28.0 Å². The van der Waals surface area contributed by atoms with Gasteiger partial charge in [0.25, 0.3) is 0 Å². The van der Waals surface area contributed by atoms with Crippen LogP contribution in [0.1, 0.15) is 5.76 Å². The molecule has 3 aromatic carbocycles. The summed E-state index contributed by atoms with van der Waals surface area (Å²) >= 11 is 5.28. The van der Waals surface area contributed by atoms with Gasteiger partial charge in [-0.1, -0.05) is 48.5 Å². The normalized spacial score (nSPS) is 11.1. The number of rotatable bonds is 5. The number of thiocarbonyl (C=S) groups is 1. The van der Waals surface area contributed by atoms with Crippen molar-refractivity contribution in [2.75, 3.05) is 5.32 Å². The first-order valence-electron chi connectivity index (χ1n) is 10.6. The largest absolute Gasteiger partial charge is 0.457 e. The fraction of sp³-hybridized carbons (Fsp3) is 0. The average Bonchev–Trinajstić information content (AvgIpc) is 3.51. The Balaban J connectivity index is 1.20. The van der Waals surface area contributed by atoms with Crippen molar-refractivity contribution in [2.24, 2.45) is 0 Å². The number of hydrogen-bond acceptors (Lipinski definition) is 5. The Hall–Kier alpha value is -4.49. The zero-order chi connectivity index (χ0) is 23.3. The number of hydrogen-bond donors (Lipinski definition) is 2. The van der Waals surface area contributed by atoms with Crippen molar-refractivity contribution in [1.29, 1.82) is 0 Å². The Kier molecular flexibility index (Phi) is 6.01. The molecule has 1 amide bonds. The van der Waals surface area contributed by atoms with Gasteiger partial charge in [-0.2, -0.15) is 0 Å². The smallest absolute Gasteiger partial charge is 0.250 e. The fourth-order valence-corrected chi connectivity index (χ4v) is 3.62. The van der Waals surface area contributed by atoms with Crippen LogP contribution >= 0.6 is 12.2 Å². The van der Waals surface area contributed by atoms with Gasteiger partial charge in [-0.3, -0.25) is 10.1 Å². The van der Waals surface area contributed by atoms with Crippen molar-refractivity contribution < 1.29 is 13.6 Å². The van der Waals surface area contributed by atoms with Crippen molar-refractivity contribution in [3.8, 4) is 22.8 Å². The SMILES string of the molecule is O=C(/C=C/c1ccc(-c2ccccc2)o1)NC(=S)Nc1cccc(-c2nc3ccccc3o2)c1. The lowest BCUT2D eigenvalue weighted by molar-refractivity contribution is -0.115. The molecule has 34 heavy (non-hydrogen) atoms. The molecule has 0 unspecified atom stereocenters. The van der Waals surface area contributed by atoms with Gasteiger partial charge in [0.1, 0.15) is 17.0 Å². The van der Waals surface area contributed by atoms with Gasteiger partial charge in [-0.05, 0) is 60.8 Å². The van der Waals surface area contributed by atoms with Crippen LogP contribution in [0.3, 0.4) is 0 Å². The fourth-order valence-electron chi connectivity index (χ4n) is 3.40. The lowest BCUT2D eigenvalue weighted by Gasteiger charge is -2.08. The van der Waals surface area contributed by atoms with Crippen LogP contribution < -0.4 is 10.6 Å². The summed E-state index contributed by atoms with van der Waals surface area (Å²) in [4.78, 5) is 16.8. The van der Waals surface area contributed by atoms with Gasteiger partial charge in [0, 0.05) is 22.9 Å². The Labute approximate surface area is 200 Å². The minimum atomic E-state index is -0.370. The van der Waals surface area contributed by atoms with Gasteiger partial charge >= 0.3 is 0 Å². The molecule has 166 valence electrons. The zero-order valence-electron chi connectivity index (χ0n) is 17.9. The van der Waals surface area contributed by atoms with Crippen LogP contribution in [0, 0.1) is 0 Å². The number of nitrogens with zero attached hydrogens (tertiary/aromatic N) is 1. The lowest BCUT2D eigenvalue weighted by Crippen LogP contribution is -2.32. The summed E-state index contributed by atoms with van der Waals surface area (Å²) in [5, 5.41) is 5.82. The lowest BCUT2D eigenvalue weighted by atomic mass is 10.2. The van der Waals surface area contributed by atoms with Crippen molar-refractivity contribution >= 4 is 46.1 Å². The molecular weight excluding hydrogens is 446 g/mol. The number of aromatic nitrogens is 1. The topological polar surface area (TPSA) is 80.3 Å². The number of benzene rings is 3. The van der Waals surface area contributed by atoms with Gasteiger partial charge < -0.3 is 14.2 Å². The molecule has 0 radical (unpaired) electrons. The highest BCUT2D eigenvalue weighted by molar-refractivity contribution is 7.80. The van der Waals surface area contributed by atoms with Crippen LogP contribution in [0.25, 0.3) is 40.0 Å². The Morgan fingerprint density at radius 1 is 0.853 bits per heavy atom. The van der Waals surface area contributed by atoms with Crippen LogP contribution in [0.15, 0.2) is 106 Å². The number of furan rings is 1.